The number of aromatic nitrogens is 2. The molecule has 0 saturated carbocycles. The molecule has 0 aliphatic carbocycles. The van der Waals surface area contributed by atoms with Gasteiger partial charge in [-0.05, 0) is 42.7 Å². The molecule has 0 radical (unpaired) electrons. The Hall–Kier alpha value is -3.38. The molecule has 1 unspecified atom stereocenters. The van der Waals surface area contributed by atoms with Gasteiger partial charge in [-0.25, -0.2) is 9.97 Å². The summed E-state index contributed by atoms with van der Waals surface area (Å²) in [6.45, 7) is 1.54. The quantitative estimate of drug-likeness (QED) is 0.482. The Morgan fingerprint density at radius 2 is 1.83 bits per heavy atom. The van der Waals surface area contributed by atoms with Crippen molar-refractivity contribution in [3.63, 3.8) is 0 Å². The van der Waals surface area contributed by atoms with Crippen molar-refractivity contribution < 1.29 is 9.15 Å². The number of anilines is 2. The van der Waals surface area contributed by atoms with Crippen LogP contribution in [0.15, 0.2) is 65.3 Å². The molecule has 1 atom stereocenters. The Labute approximate surface area is 168 Å². The summed E-state index contributed by atoms with van der Waals surface area (Å²) in [7, 11) is 0. The van der Waals surface area contributed by atoms with Gasteiger partial charge >= 0.3 is 0 Å². The maximum absolute atomic E-state index is 6.23. The van der Waals surface area contributed by atoms with E-state index >= 15 is 0 Å². The van der Waals surface area contributed by atoms with E-state index in [0.717, 1.165) is 53.1 Å². The van der Waals surface area contributed by atoms with Crippen molar-refractivity contribution in [1.29, 1.82) is 0 Å². The van der Waals surface area contributed by atoms with Gasteiger partial charge in [-0.15, -0.1) is 0 Å². The molecular weight excluding hydrogens is 364 g/mol. The zero-order valence-electron chi connectivity index (χ0n) is 16.0. The Morgan fingerprint density at radius 1 is 1.00 bits per heavy atom. The lowest BCUT2D eigenvalue weighted by atomic mass is 9.99. The van der Waals surface area contributed by atoms with E-state index in [2.05, 4.69) is 27.4 Å². The molecule has 0 bridgehead atoms. The van der Waals surface area contributed by atoms with Crippen LogP contribution in [0.5, 0.6) is 0 Å². The van der Waals surface area contributed by atoms with Crippen LogP contribution in [0.1, 0.15) is 12.8 Å². The van der Waals surface area contributed by atoms with Gasteiger partial charge < -0.3 is 20.2 Å². The molecule has 0 amide bonds. The first-order valence-corrected chi connectivity index (χ1v) is 9.84. The molecule has 3 heterocycles. The predicted octanol–water partition coefficient (Wildman–Crippen LogP) is 4.73. The minimum absolute atomic E-state index is 0.212. The highest BCUT2D eigenvalue weighted by Crippen LogP contribution is 2.42. The summed E-state index contributed by atoms with van der Waals surface area (Å²) < 4.78 is 12.0. The Balaban J connectivity index is 1.66. The van der Waals surface area contributed by atoms with E-state index in [1.165, 1.54) is 6.33 Å². The molecule has 2 aromatic heterocycles. The standard InChI is InChI=1S/C23H22N4O2/c24-17-10-8-16(9-11-17)21-19(15-5-2-1-3-6-15)20-22(26-14-27-23(20)29-21)25-13-18-7-4-12-28-18/h1-3,5-6,8-11,14,18H,4,7,12-13,24H2,(H,25,26,27). The molecule has 29 heavy (non-hydrogen) atoms. The number of rotatable bonds is 5. The van der Waals surface area contributed by atoms with Crippen LogP contribution in [-0.4, -0.2) is 29.2 Å². The zero-order chi connectivity index (χ0) is 19.6. The van der Waals surface area contributed by atoms with Crippen LogP contribution < -0.4 is 11.1 Å². The van der Waals surface area contributed by atoms with E-state index in [4.69, 9.17) is 14.9 Å². The third-order valence-electron chi connectivity index (χ3n) is 5.24. The molecular formula is C23H22N4O2. The average molecular weight is 386 g/mol. The second kappa shape index (κ2) is 7.56. The predicted molar refractivity (Wildman–Crippen MR) is 115 cm³/mol. The summed E-state index contributed by atoms with van der Waals surface area (Å²) in [6, 6.07) is 17.9. The van der Waals surface area contributed by atoms with Gasteiger partial charge in [0.1, 0.15) is 17.9 Å². The lowest BCUT2D eigenvalue weighted by Gasteiger charge is -2.12. The Morgan fingerprint density at radius 3 is 2.59 bits per heavy atom. The van der Waals surface area contributed by atoms with E-state index < -0.39 is 0 Å². The lowest BCUT2D eigenvalue weighted by molar-refractivity contribution is 0.120. The summed E-state index contributed by atoms with van der Waals surface area (Å²) in [6.07, 6.45) is 3.91. The topological polar surface area (TPSA) is 86.2 Å². The molecule has 6 nitrogen and oxygen atoms in total. The van der Waals surface area contributed by atoms with Crippen molar-refractivity contribution in [2.75, 3.05) is 24.2 Å². The molecule has 1 aliphatic heterocycles. The maximum atomic E-state index is 6.23. The van der Waals surface area contributed by atoms with Crippen LogP contribution >= 0.6 is 0 Å². The van der Waals surface area contributed by atoms with Crippen LogP contribution in [0.25, 0.3) is 33.6 Å². The monoisotopic (exact) mass is 386 g/mol. The highest BCUT2D eigenvalue weighted by molar-refractivity contribution is 6.05. The van der Waals surface area contributed by atoms with Gasteiger partial charge in [-0.1, -0.05) is 30.3 Å². The molecule has 1 saturated heterocycles. The number of nitrogens with one attached hydrogen (secondary N) is 1. The molecule has 0 spiro atoms. The van der Waals surface area contributed by atoms with Crippen LogP contribution in [0.2, 0.25) is 0 Å². The second-order valence-electron chi connectivity index (χ2n) is 7.21. The second-order valence-corrected chi connectivity index (χ2v) is 7.21. The van der Waals surface area contributed by atoms with Gasteiger partial charge in [0.15, 0.2) is 0 Å². The van der Waals surface area contributed by atoms with Crippen LogP contribution in [0, 0.1) is 0 Å². The SMILES string of the molecule is Nc1ccc(-c2oc3ncnc(NCC4CCCO4)c3c2-c2ccccc2)cc1. The van der Waals surface area contributed by atoms with Crippen LogP contribution in [-0.2, 0) is 4.74 Å². The third-order valence-corrected chi connectivity index (χ3v) is 5.24. The summed E-state index contributed by atoms with van der Waals surface area (Å²) in [4.78, 5) is 8.92. The molecule has 6 heteroatoms. The van der Waals surface area contributed by atoms with Crippen LogP contribution in [0.4, 0.5) is 11.5 Å². The Bertz CT molecular complexity index is 1120. The number of nitrogen functional groups attached to an aromatic ring is 1. The minimum Gasteiger partial charge on any atom is -0.437 e. The maximum Gasteiger partial charge on any atom is 0.232 e. The average Bonchev–Trinajstić information content (AvgIpc) is 3.41. The van der Waals surface area contributed by atoms with Crippen molar-refractivity contribution >= 4 is 22.6 Å². The van der Waals surface area contributed by atoms with Gasteiger partial charge in [0.2, 0.25) is 5.71 Å². The highest BCUT2D eigenvalue weighted by atomic mass is 16.5. The highest BCUT2D eigenvalue weighted by Gasteiger charge is 2.23. The third kappa shape index (κ3) is 3.43. The van der Waals surface area contributed by atoms with Crippen molar-refractivity contribution in [2.45, 2.75) is 18.9 Å². The fourth-order valence-electron chi connectivity index (χ4n) is 3.80. The molecule has 4 aromatic rings. The molecule has 3 N–H and O–H groups in total. The number of ether oxygens (including phenoxy) is 1. The number of nitrogens with zero attached hydrogens (tertiary/aromatic N) is 2. The number of furan rings is 1. The zero-order valence-corrected chi connectivity index (χ0v) is 16.0. The van der Waals surface area contributed by atoms with Crippen LogP contribution in [0.3, 0.4) is 0 Å². The molecule has 5 rings (SSSR count). The molecule has 2 aromatic carbocycles. The lowest BCUT2D eigenvalue weighted by Crippen LogP contribution is -2.19. The molecule has 1 aliphatic rings. The normalized spacial score (nSPS) is 16.3. The van der Waals surface area contributed by atoms with Gasteiger partial charge in [-0.3, -0.25) is 0 Å². The summed E-state index contributed by atoms with van der Waals surface area (Å²) in [5.41, 5.74) is 10.1. The van der Waals surface area contributed by atoms with Crippen molar-refractivity contribution in [2.24, 2.45) is 0 Å². The fourth-order valence-corrected chi connectivity index (χ4v) is 3.80. The van der Waals surface area contributed by atoms with Gasteiger partial charge in [0.05, 0.1) is 11.5 Å². The van der Waals surface area contributed by atoms with Crippen molar-refractivity contribution in [3.8, 4) is 22.5 Å². The van der Waals surface area contributed by atoms with E-state index in [9.17, 15) is 0 Å². The largest absolute Gasteiger partial charge is 0.437 e. The smallest absolute Gasteiger partial charge is 0.232 e. The summed E-state index contributed by atoms with van der Waals surface area (Å²) in [5, 5.41) is 4.34. The fraction of sp³-hybridized carbons (Fsp3) is 0.217. The number of benzene rings is 2. The molecule has 146 valence electrons. The van der Waals surface area contributed by atoms with Gasteiger partial charge in [-0.2, -0.15) is 0 Å². The first kappa shape index (κ1) is 17.7. The minimum atomic E-state index is 0.212. The summed E-state index contributed by atoms with van der Waals surface area (Å²) >= 11 is 0. The van der Waals surface area contributed by atoms with E-state index in [1.54, 1.807) is 0 Å². The van der Waals surface area contributed by atoms with Crippen molar-refractivity contribution in [1.82, 2.24) is 9.97 Å². The van der Waals surface area contributed by atoms with E-state index in [1.807, 2.05) is 42.5 Å². The van der Waals surface area contributed by atoms with Gasteiger partial charge in [0, 0.05) is 30.0 Å². The Kier molecular flexibility index (Phi) is 4.62. The number of fused-ring (bicyclic) bond motifs is 1. The summed E-state index contributed by atoms with van der Waals surface area (Å²) in [5.74, 6) is 1.52. The first-order chi connectivity index (χ1) is 14.3. The van der Waals surface area contributed by atoms with E-state index in [-0.39, 0.29) is 6.10 Å². The van der Waals surface area contributed by atoms with Crippen molar-refractivity contribution in [3.05, 3.63) is 60.9 Å². The number of nitrogens with two attached hydrogens (primary N) is 1. The van der Waals surface area contributed by atoms with E-state index in [0.29, 0.717) is 17.9 Å². The number of hydrogen-bond donors (Lipinski definition) is 2. The molecule has 1 fully saturated rings. The number of hydrogen-bond acceptors (Lipinski definition) is 6. The van der Waals surface area contributed by atoms with Gasteiger partial charge in [0.25, 0.3) is 0 Å². The first-order valence-electron chi connectivity index (χ1n) is 9.84.